The summed E-state index contributed by atoms with van der Waals surface area (Å²) in [5.41, 5.74) is 0.0436. The number of aromatic amines is 1. The summed E-state index contributed by atoms with van der Waals surface area (Å²) in [6.45, 7) is 6.39. The van der Waals surface area contributed by atoms with Crippen molar-refractivity contribution in [1.82, 2.24) is 25.1 Å². The van der Waals surface area contributed by atoms with Gasteiger partial charge >= 0.3 is 6.18 Å². The van der Waals surface area contributed by atoms with Gasteiger partial charge in [0.1, 0.15) is 10.2 Å². The molecule has 1 aromatic carbocycles. The van der Waals surface area contributed by atoms with Crippen molar-refractivity contribution in [2.24, 2.45) is 5.92 Å². The van der Waals surface area contributed by atoms with Crippen molar-refractivity contribution in [1.29, 1.82) is 0 Å². The number of alkyl halides is 3. The molecule has 0 saturated carbocycles. The van der Waals surface area contributed by atoms with Crippen molar-refractivity contribution in [3.05, 3.63) is 40.5 Å². The SMILES string of the molecule is Cc1cc(-c2nc(Sc3cc(Cl)nc(NCC(C)C)n3)n[nH]2)cc(C(F)(F)F)c1. The van der Waals surface area contributed by atoms with Crippen LogP contribution >= 0.6 is 23.4 Å². The number of nitrogens with one attached hydrogen (secondary N) is 2. The summed E-state index contributed by atoms with van der Waals surface area (Å²) in [4.78, 5) is 12.8. The first kappa shape index (κ1) is 21.4. The summed E-state index contributed by atoms with van der Waals surface area (Å²) in [5.74, 6) is 1.03. The van der Waals surface area contributed by atoms with Crippen LogP contribution < -0.4 is 5.32 Å². The number of halogens is 4. The van der Waals surface area contributed by atoms with Crippen molar-refractivity contribution in [3.63, 3.8) is 0 Å². The monoisotopic (exact) mass is 442 g/mol. The molecule has 0 aliphatic rings. The van der Waals surface area contributed by atoms with Crippen LogP contribution in [0, 0.1) is 12.8 Å². The minimum absolute atomic E-state index is 0.236. The van der Waals surface area contributed by atoms with E-state index in [1.807, 2.05) is 0 Å². The highest BCUT2D eigenvalue weighted by molar-refractivity contribution is 7.99. The summed E-state index contributed by atoms with van der Waals surface area (Å²) in [6, 6.07) is 5.30. The quantitative estimate of drug-likeness (QED) is 0.493. The van der Waals surface area contributed by atoms with E-state index in [1.165, 1.54) is 0 Å². The van der Waals surface area contributed by atoms with Gasteiger partial charge in [-0.3, -0.25) is 5.10 Å². The Balaban J connectivity index is 1.82. The van der Waals surface area contributed by atoms with Gasteiger partial charge in [0, 0.05) is 18.2 Å². The number of nitrogens with zero attached hydrogens (tertiary/aromatic N) is 4. The molecule has 0 amide bonds. The molecule has 0 fully saturated rings. The van der Waals surface area contributed by atoms with E-state index in [0.29, 0.717) is 39.7 Å². The van der Waals surface area contributed by atoms with Crippen LogP contribution in [0.2, 0.25) is 5.15 Å². The van der Waals surface area contributed by atoms with Crippen LogP contribution in [-0.2, 0) is 6.18 Å². The van der Waals surface area contributed by atoms with E-state index >= 15 is 0 Å². The molecule has 11 heteroatoms. The molecule has 0 aliphatic carbocycles. The van der Waals surface area contributed by atoms with Gasteiger partial charge in [0.15, 0.2) is 5.82 Å². The third-order valence-corrected chi connectivity index (χ3v) is 4.66. The van der Waals surface area contributed by atoms with Gasteiger partial charge in [-0.1, -0.05) is 25.4 Å². The maximum absolute atomic E-state index is 13.1. The van der Waals surface area contributed by atoms with Crippen molar-refractivity contribution < 1.29 is 13.2 Å². The van der Waals surface area contributed by atoms with Gasteiger partial charge in [0.25, 0.3) is 0 Å². The third kappa shape index (κ3) is 5.83. The fourth-order valence-corrected chi connectivity index (χ4v) is 3.39. The highest BCUT2D eigenvalue weighted by Crippen LogP contribution is 2.33. The number of benzene rings is 1. The largest absolute Gasteiger partial charge is 0.416 e. The van der Waals surface area contributed by atoms with Gasteiger partial charge in [-0.05, 0) is 48.4 Å². The normalized spacial score (nSPS) is 11.9. The molecule has 0 aliphatic heterocycles. The lowest BCUT2D eigenvalue weighted by Crippen LogP contribution is -2.10. The lowest BCUT2D eigenvalue weighted by atomic mass is 10.1. The minimum Gasteiger partial charge on any atom is -0.354 e. The van der Waals surface area contributed by atoms with Gasteiger partial charge in [-0.25, -0.2) is 15.0 Å². The second kappa shape index (κ2) is 8.58. The molecule has 3 rings (SSSR count). The zero-order valence-electron chi connectivity index (χ0n) is 15.8. The zero-order valence-corrected chi connectivity index (χ0v) is 17.4. The maximum atomic E-state index is 13.1. The Bertz CT molecular complexity index is 1010. The molecule has 0 spiro atoms. The Morgan fingerprint density at radius 3 is 2.59 bits per heavy atom. The molecule has 154 valence electrons. The van der Waals surface area contributed by atoms with Crippen LogP contribution in [0.25, 0.3) is 11.4 Å². The number of anilines is 1. The molecule has 0 atom stereocenters. The number of aromatic nitrogens is 5. The molecule has 0 unspecified atom stereocenters. The first-order chi connectivity index (χ1) is 13.6. The molecular formula is C18H18ClF3N6S. The highest BCUT2D eigenvalue weighted by Gasteiger charge is 2.31. The number of H-pyrrole nitrogens is 1. The highest BCUT2D eigenvalue weighted by atomic mass is 35.5. The summed E-state index contributed by atoms with van der Waals surface area (Å²) < 4.78 is 39.2. The van der Waals surface area contributed by atoms with Crippen molar-refractivity contribution in [2.45, 2.75) is 37.1 Å². The summed E-state index contributed by atoms with van der Waals surface area (Å²) >= 11 is 7.18. The van der Waals surface area contributed by atoms with Crippen LogP contribution in [0.1, 0.15) is 25.0 Å². The van der Waals surface area contributed by atoms with E-state index < -0.39 is 11.7 Å². The van der Waals surface area contributed by atoms with Crippen LogP contribution in [0.3, 0.4) is 0 Å². The number of hydrogen-bond acceptors (Lipinski definition) is 6. The van der Waals surface area contributed by atoms with Crippen LogP contribution in [0.5, 0.6) is 0 Å². The Morgan fingerprint density at radius 2 is 1.90 bits per heavy atom. The number of aryl methyl sites for hydroxylation is 1. The molecule has 29 heavy (non-hydrogen) atoms. The molecule has 2 heterocycles. The van der Waals surface area contributed by atoms with Gasteiger partial charge < -0.3 is 5.32 Å². The smallest absolute Gasteiger partial charge is 0.354 e. The first-order valence-corrected chi connectivity index (χ1v) is 9.87. The summed E-state index contributed by atoms with van der Waals surface area (Å²) in [7, 11) is 0. The van der Waals surface area contributed by atoms with E-state index in [4.69, 9.17) is 11.6 Å². The molecule has 2 aromatic heterocycles. The molecule has 6 nitrogen and oxygen atoms in total. The Morgan fingerprint density at radius 1 is 1.14 bits per heavy atom. The van der Waals surface area contributed by atoms with Crippen molar-refractivity contribution in [2.75, 3.05) is 11.9 Å². The second-order valence-electron chi connectivity index (χ2n) is 6.78. The van der Waals surface area contributed by atoms with Crippen LogP contribution in [0.4, 0.5) is 19.1 Å². The Labute approximate surface area is 174 Å². The summed E-state index contributed by atoms with van der Waals surface area (Å²) in [6.07, 6.45) is -4.44. The predicted molar refractivity (Wildman–Crippen MR) is 106 cm³/mol. The fraction of sp³-hybridized carbons (Fsp3) is 0.333. The topological polar surface area (TPSA) is 79.4 Å². The molecule has 0 bridgehead atoms. The number of rotatable bonds is 6. The fourth-order valence-electron chi connectivity index (χ4n) is 2.42. The van der Waals surface area contributed by atoms with Crippen LogP contribution in [0.15, 0.2) is 34.4 Å². The van der Waals surface area contributed by atoms with E-state index in [2.05, 4.69) is 44.3 Å². The molecule has 0 radical (unpaired) electrons. The summed E-state index contributed by atoms with van der Waals surface area (Å²) in [5, 5.41) is 10.9. The lowest BCUT2D eigenvalue weighted by Gasteiger charge is -2.09. The zero-order chi connectivity index (χ0) is 21.2. The van der Waals surface area contributed by atoms with Crippen molar-refractivity contribution in [3.8, 4) is 11.4 Å². The first-order valence-electron chi connectivity index (χ1n) is 8.68. The lowest BCUT2D eigenvalue weighted by molar-refractivity contribution is -0.137. The predicted octanol–water partition coefficient (Wildman–Crippen LogP) is 5.46. The molecular weight excluding hydrogens is 425 g/mol. The van der Waals surface area contributed by atoms with E-state index in [0.717, 1.165) is 23.9 Å². The average molecular weight is 443 g/mol. The van der Waals surface area contributed by atoms with Crippen LogP contribution in [-0.4, -0.2) is 31.7 Å². The van der Waals surface area contributed by atoms with Gasteiger partial charge in [-0.2, -0.15) is 13.2 Å². The van der Waals surface area contributed by atoms with Gasteiger partial charge in [-0.15, -0.1) is 5.10 Å². The average Bonchev–Trinajstić information content (AvgIpc) is 3.07. The van der Waals surface area contributed by atoms with E-state index in [1.54, 1.807) is 19.1 Å². The Kier molecular flexibility index (Phi) is 6.33. The molecule has 2 N–H and O–H groups in total. The van der Waals surface area contributed by atoms with Crippen molar-refractivity contribution >= 4 is 29.3 Å². The van der Waals surface area contributed by atoms with E-state index in [-0.39, 0.29) is 11.0 Å². The van der Waals surface area contributed by atoms with Gasteiger partial charge in [0.05, 0.1) is 5.56 Å². The Hall–Kier alpha value is -2.33. The molecule has 0 saturated heterocycles. The van der Waals surface area contributed by atoms with Gasteiger partial charge in [0.2, 0.25) is 11.1 Å². The maximum Gasteiger partial charge on any atom is 0.416 e. The van der Waals surface area contributed by atoms with E-state index in [9.17, 15) is 13.2 Å². The molecule has 3 aromatic rings. The third-order valence-electron chi connectivity index (χ3n) is 3.68. The minimum atomic E-state index is -4.44. The standard InChI is InChI=1S/C18H18ClF3N6S/c1-9(2)8-23-16-24-13(19)7-14(25-16)29-17-26-15(27-28-17)11-4-10(3)5-12(6-11)18(20,21)22/h4-7,9H,8H2,1-3H3,(H,23,24,25)(H,26,27,28). The second-order valence-corrected chi connectivity index (χ2v) is 8.16. The number of hydrogen-bond donors (Lipinski definition) is 2.